The molecule has 4 rings (SSSR count). The monoisotopic (exact) mass is 620 g/mol. The number of aryl methyl sites for hydroxylation is 1. The van der Waals surface area contributed by atoms with Gasteiger partial charge in [0.1, 0.15) is 17.7 Å². The molecule has 3 fully saturated rings. The molecule has 13 heteroatoms. The minimum Gasteiger partial charge on any atom is -0.361 e. The summed E-state index contributed by atoms with van der Waals surface area (Å²) in [5.41, 5.74) is 0.350. The Hall–Kier alpha value is -3.29. The maximum absolute atomic E-state index is 12.5. The number of likely N-dealkylation sites (tertiary alicyclic amines) is 1. The molecule has 4 unspecified atom stereocenters. The van der Waals surface area contributed by atoms with E-state index >= 15 is 0 Å². The van der Waals surface area contributed by atoms with Gasteiger partial charge in [-0.3, -0.25) is 29.3 Å². The first-order valence-electron chi connectivity index (χ1n) is 15.6. The normalized spacial score (nSPS) is 20.9. The Bertz CT molecular complexity index is 1010. The number of amides is 2. The van der Waals surface area contributed by atoms with Crippen molar-refractivity contribution < 1.29 is 33.3 Å². The minimum absolute atomic E-state index is 0.0918. The number of nitrogens with one attached hydrogen (secondary N) is 4. The lowest BCUT2D eigenvalue weighted by Gasteiger charge is -2.33. The van der Waals surface area contributed by atoms with Gasteiger partial charge in [0.2, 0.25) is 11.8 Å². The molecule has 0 spiro atoms. The standard InChI is InChI=1S/C14H24N2O2.C10H21N3O.C5H5NO2.C2H2O2/c1-15-13(11-6-3-2-4-7-11)14(18)16-9-5-8-12(16)10-17;1-7(2)13-9(11-3)6-8-4-5-12-10(8)14;1-4-2-5(3-7)6-8-4;3-1-2-4/h10-13,15H,2-9H2,1H3;7-9,11,13H,4-6H2,1-3H3,(H,12,14);2-3H,1H3;1-2H. The maximum Gasteiger partial charge on any atom is 0.240 e. The molecule has 4 N–H and O–H groups in total. The largest absolute Gasteiger partial charge is 0.361 e. The predicted octanol–water partition coefficient (Wildman–Crippen LogP) is 1.58. The van der Waals surface area contributed by atoms with Gasteiger partial charge in [-0.1, -0.05) is 24.4 Å². The first-order valence-corrected chi connectivity index (χ1v) is 15.6. The number of nitrogens with zero attached hydrogens (tertiary/aromatic N) is 2. The summed E-state index contributed by atoms with van der Waals surface area (Å²) in [5, 5.41) is 16.0. The van der Waals surface area contributed by atoms with Crippen LogP contribution in [0.3, 0.4) is 0 Å². The topological polar surface area (TPSA) is 180 Å². The third-order valence-corrected chi connectivity index (χ3v) is 7.83. The number of aromatic nitrogens is 1. The van der Waals surface area contributed by atoms with Crippen LogP contribution >= 0.6 is 0 Å². The van der Waals surface area contributed by atoms with Crippen molar-refractivity contribution in [1.29, 1.82) is 0 Å². The van der Waals surface area contributed by atoms with E-state index in [1.807, 2.05) is 14.1 Å². The van der Waals surface area contributed by atoms with Crippen molar-refractivity contribution in [2.45, 2.75) is 103 Å². The van der Waals surface area contributed by atoms with Crippen LogP contribution in [0.2, 0.25) is 0 Å². The van der Waals surface area contributed by atoms with Crippen LogP contribution in [0.15, 0.2) is 10.6 Å². The molecule has 0 aromatic carbocycles. The van der Waals surface area contributed by atoms with E-state index in [1.54, 1.807) is 17.9 Å². The van der Waals surface area contributed by atoms with Gasteiger partial charge in [0, 0.05) is 31.1 Å². The number of hydrogen-bond acceptors (Lipinski definition) is 11. The Balaban J connectivity index is 0.000000329. The van der Waals surface area contributed by atoms with E-state index in [9.17, 15) is 19.2 Å². The summed E-state index contributed by atoms with van der Waals surface area (Å²) in [7, 11) is 3.79. The molecule has 3 aliphatic rings. The molecule has 13 nitrogen and oxygen atoms in total. The highest BCUT2D eigenvalue weighted by Crippen LogP contribution is 2.28. The molecule has 0 bridgehead atoms. The van der Waals surface area contributed by atoms with Crippen LogP contribution in [0.25, 0.3) is 0 Å². The molecule has 2 amide bonds. The predicted molar refractivity (Wildman–Crippen MR) is 166 cm³/mol. The number of carbonyl (C=O) groups excluding carboxylic acids is 6. The van der Waals surface area contributed by atoms with Gasteiger partial charge in [-0.05, 0) is 79.3 Å². The lowest BCUT2D eigenvalue weighted by molar-refractivity contribution is -0.138. The Labute approximate surface area is 261 Å². The van der Waals surface area contributed by atoms with Crippen molar-refractivity contribution in [3.63, 3.8) is 0 Å². The van der Waals surface area contributed by atoms with Gasteiger partial charge in [0.05, 0.1) is 18.2 Å². The van der Waals surface area contributed by atoms with Crippen LogP contribution in [0.1, 0.15) is 87.9 Å². The van der Waals surface area contributed by atoms with E-state index in [1.165, 1.54) is 19.3 Å². The van der Waals surface area contributed by atoms with E-state index in [0.29, 0.717) is 29.7 Å². The van der Waals surface area contributed by atoms with Gasteiger partial charge >= 0.3 is 0 Å². The van der Waals surface area contributed by atoms with E-state index in [2.05, 4.69) is 44.8 Å². The summed E-state index contributed by atoms with van der Waals surface area (Å²) in [4.78, 5) is 64.2. The van der Waals surface area contributed by atoms with Crippen LogP contribution in [0.4, 0.5) is 0 Å². The summed E-state index contributed by atoms with van der Waals surface area (Å²) in [6.07, 6.45) is 11.9. The Morgan fingerprint density at radius 2 is 1.73 bits per heavy atom. The molecule has 0 radical (unpaired) electrons. The second kappa shape index (κ2) is 22.3. The van der Waals surface area contributed by atoms with Gasteiger partial charge in [0.15, 0.2) is 18.9 Å². The number of aldehydes is 4. The molecular formula is C31H52N6O7. The molecule has 248 valence electrons. The summed E-state index contributed by atoms with van der Waals surface area (Å²) >= 11 is 0. The number of carbonyl (C=O) groups is 6. The summed E-state index contributed by atoms with van der Waals surface area (Å²) < 4.78 is 4.57. The number of hydrogen-bond donors (Lipinski definition) is 4. The fourth-order valence-corrected chi connectivity index (χ4v) is 5.68. The molecular weight excluding hydrogens is 568 g/mol. The smallest absolute Gasteiger partial charge is 0.240 e. The average molecular weight is 621 g/mol. The van der Waals surface area contributed by atoms with Crippen molar-refractivity contribution >= 4 is 37.0 Å². The van der Waals surface area contributed by atoms with Crippen LogP contribution in [0, 0.1) is 18.8 Å². The summed E-state index contributed by atoms with van der Waals surface area (Å²) in [5.74, 6) is 1.63. The van der Waals surface area contributed by atoms with Gasteiger partial charge in [-0.2, -0.15) is 0 Å². The average Bonchev–Trinajstić information content (AvgIpc) is 3.79. The lowest BCUT2D eigenvalue weighted by atomic mass is 9.83. The molecule has 2 aliphatic heterocycles. The molecule has 44 heavy (non-hydrogen) atoms. The number of likely N-dealkylation sites (N-methyl/N-ethyl adjacent to an activating group) is 1. The second-order valence-corrected chi connectivity index (χ2v) is 11.5. The zero-order valence-electron chi connectivity index (χ0n) is 26.9. The van der Waals surface area contributed by atoms with Crippen molar-refractivity contribution in [2.24, 2.45) is 11.8 Å². The van der Waals surface area contributed by atoms with Crippen molar-refractivity contribution in [1.82, 2.24) is 31.3 Å². The van der Waals surface area contributed by atoms with Gasteiger partial charge < -0.3 is 30.2 Å². The summed E-state index contributed by atoms with van der Waals surface area (Å²) in [6, 6.07) is 1.74. The summed E-state index contributed by atoms with van der Waals surface area (Å²) in [6.45, 7) is 7.53. The van der Waals surface area contributed by atoms with Gasteiger partial charge in [-0.15, -0.1) is 0 Å². The molecule has 1 aromatic heterocycles. The van der Waals surface area contributed by atoms with Crippen LogP contribution in [-0.4, -0.2) is 98.5 Å². The zero-order chi connectivity index (χ0) is 32.9. The maximum atomic E-state index is 12.5. The Morgan fingerprint density at radius 1 is 1.05 bits per heavy atom. The second-order valence-electron chi connectivity index (χ2n) is 11.5. The van der Waals surface area contributed by atoms with Crippen molar-refractivity contribution in [2.75, 3.05) is 27.2 Å². The highest BCUT2D eigenvalue weighted by Gasteiger charge is 2.36. The highest BCUT2D eigenvalue weighted by atomic mass is 16.5. The fourth-order valence-electron chi connectivity index (χ4n) is 5.68. The molecule has 4 atom stereocenters. The van der Waals surface area contributed by atoms with E-state index in [0.717, 1.165) is 57.9 Å². The van der Waals surface area contributed by atoms with E-state index in [-0.39, 0.29) is 48.6 Å². The van der Waals surface area contributed by atoms with E-state index < -0.39 is 0 Å². The van der Waals surface area contributed by atoms with Crippen LogP contribution in [-0.2, 0) is 24.0 Å². The first-order chi connectivity index (χ1) is 21.1. The molecule has 1 aromatic rings. The van der Waals surface area contributed by atoms with Gasteiger partial charge in [-0.25, -0.2) is 0 Å². The van der Waals surface area contributed by atoms with Crippen LogP contribution < -0.4 is 21.3 Å². The van der Waals surface area contributed by atoms with Crippen LogP contribution in [0.5, 0.6) is 0 Å². The first kappa shape index (κ1) is 38.7. The number of rotatable bonds is 11. The SMILES string of the molecule is CNC(C(=O)N1CCCC1C=O)C1CCCCC1.CNC(CC1CCNC1=O)NC(C)C.Cc1cc(C=O)no1.O=CC=O. The lowest BCUT2D eigenvalue weighted by Crippen LogP contribution is -2.51. The van der Waals surface area contributed by atoms with Crippen molar-refractivity contribution in [3.05, 3.63) is 17.5 Å². The van der Waals surface area contributed by atoms with Gasteiger partial charge in [0.25, 0.3) is 0 Å². The molecule has 2 saturated heterocycles. The Morgan fingerprint density at radius 3 is 2.16 bits per heavy atom. The fraction of sp³-hybridized carbons (Fsp3) is 0.710. The minimum atomic E-state index is -0.183. The third-order valence-electron chi connectivity index (χ3n) is 7.83. The van der Waals surface area contributed by atoms with Crippen molar-refractivity contribution in [3.8, 4) is 0 Å². The zero-order valence-corrected chi connectivity index (χ0v) is 26.9. The quantitative estimate of drug-likeness (QED) is 0.160. The molecule has 1 aliphatic carbocycles. The van der Waals surface area contributed by atoms with E-state index in [4.69, 9.17) is 9.59 Å². The Kier molecular flexibility index (Phi) is 19.6. The molecule has 3 heterocycles. The highest BCUT2D eigenvalue weighted by molar-refractivity contribution is 6.09. The molecule has 1 saturated carbocycles. The third kappa shape index (κ3) is 14.0.